The molecule has 4 heteroatoms. The summed E-state index contributed by atoms with van der Waals surface area (Å²) in [7, 11) is 0. The summed E-state index contributed by atoms with van der Waals surface area (Å²) in [4.78, 5) is 16.8. The van der Waals surface area contributed by atoms with Gasteiger partial charge < -0.3 is 5.32 Å². The van der Waals surface area contributed by atoms with Crippen LogP contribution in [0.4, 0.5) is 0 Å². The first-order valence-electron chi connectivity index (χ1n) is 6.09. The van der Waals surface area contributed by atoms with Crippen LogP contribution in [0.15, 0.2) is 47.6 Å². The summed E-state index contributed by atoms with van der Waals surface area (Å²) in [6.45, 7) is 2.53. The molecule has 0 aliphatic carbocycles. The maximum Gasteiger partial charge on any atom is 0.224 e. The second-order valence-corrected chi connectivity index (χ2v) is 4.94. The number of amides is 1. The predicted octanol–water partition coefficient (Wildman–Crippen LogP) is 2.54. The van der Waals surface area contributed by atoms with Crippen LogP contribution in [0.3, 0.4) is 0 Å². The first kappa shape index (κ1) is 13.6. The summed E-state index contributed by atoms with van der Waals surface area (Å²) in [6.07, 6.45) is 3.92. The van der Waals surface area contributed by atoms with Crippen LogP contribution < -0.4 is 5.32 Å². The molecule has 0 unspecified atom stereocenters. The van der Waals surface area contributed by atoms with Crippen LogP contribution in [-0.4, -0.2) is 10.9 Å². The van der Waals surface area contributed by atoms with Crippen LogP contribution in [0.25, 0.3) is 0 Å². The molecule has 0 bridgehead atoms. The topological polar surface area (TPSA) is 42.0 Å². The number of hydrogen-bond donors (Lipinski definition) is 2. The van der Waals surface area contributed by atoms with E-state index >= 15 is 0 Å². The van der Waals surface area contributed by atoms with Gasteiger partial charge in [0.15, 0.2) is 0 Å². The van der Waals surface area contributed by atoms with Gasteiger partial charge >= 0.3 is 0 Å². The molecule has 1 N–H and O–H groups in total. The zero-order valence-corrected chi connectivity index (χ0v) is 11.7. The van der Waals surface area contributed by atoms with Crippen molar-refractivity contribution >= 4 is 18.5 Å². The molecular formula is C15H16N2OS. The van der Waals surface area contributed by atoms with Gasteiger partial charge in [0.05, 0.1) is 6.42 Å². The summed E-state index contributed by atoms with van der Waals surface area (Å²) in [5, 5.41) is 2.92. The minimum Gasteiger partial charge on any atom is -0.352 e. The highest BCUT2D eigenvalue weighted by atomic mass is 32.1. The van der Waals surface area contributed by atoms with Crippen molar-refractivity contribution in [2.24, 2.45) is 0 Å². The summed E-state index contributed by atoms with van der Waals surface area (Å²) in [5.41, 5.74) is 3.16. The van der Waals surface area contributed by atoms with Crippen LogP contribution in [0, 0.1) is 6.92 Å². The van der Waals surface area contributed by atoms with Crippen molar-refractivity contribution < 1.29 is 4.79 Å². The predicted molar refractivity (Wildman–Crippen MR) is 78.2 cm³/mol. The lowest BCUT2D eigenvalue weighted by molar-refractivity contribution is -0.120. The van der Waals surface area contributed by atoms with E-state index in [-0.39, 0.29) is 5.91 Å². The molecule has 2 rings (SSSR count). The number of pyridine rings is 1. The van der Waals surface area contributed by atoms with Gasteiger partial charge in [0.1, 0.15) is 0 Å². The molecule has 0 aliphatic heterocycles. The Balaban J connectivity index is 1.88. The van der Waals surface area contributed by atoms with Gasteiger partial charge in [0.25, 0.3) is 0 Å². The van der Waals surface area contributed by atoms with E-state index in [9.17, 15) is 4.79 Å². The molecule has 2 aromatic rings. The highest BCUT2D eigenvalue weighted by molar-refractivity contribution is 7.80. The van der Waals surface area contributed by atoms with Gasteiger partial charge in [0.2, 0.25) is 5.91 Å². The van der Waals surface area contributed by atoms with Gasteiger partial charge in [0, 0.05) is 23.8 Å². The zero-order chi connectivity index (χ0) is 13.7. The van der Waals surface area contributed by atoms with Crippen molar-refractivity contribution in [1.29, 1.82) is 0 Å². The average Bonchev–Trinajstić information content (AvgIpc) is 2.40. The Bertz CT molecular complexity index is 567. The van der Waals surface area contributed by atoms with Gasteiger partial charge in [-0.1, -0.05) is 12.1 Å². The number of carbonyl (C=O) groups is 1. The molecule has 0 fully saturated rings. The zero-order valence-electron chi connectivity index (χ0n) is 10.8. The highest BCUT2D eigenvalue weighted by Crippen LogP contribution is 2.08. The first-order valence-corrected chi connectivity index (χ1v) is 6.54. The first-order chi connectivity index (χ1) is 9.15. The SMILES string of the molecule is Cc1cnccc1CNC(=O)Cc1ccc(S)cc1. The van der Waals surface area contributed by atoms with Crippen molar-refractivity contribution in [3.63, 3.8) is 0 Å². The molecule has 19 heavy (non-hydrogen) atoms. The lowest BCUT2D eigenvalue weighted by Crippen LogP contribution is -2.24. The lowest BCUT2D eigenvalue weighted by Gasteiger charge is -2.07. The van der Waals surface area contributed by atoms with Crippen molar-refractivity contribution in [2.75, 3.05) is 0 Å². The molecule has 1 amide bonds. The van der Waals surface area contributed by atoms with Crippen LogP contribution >= 0.6 is 12.6 Å². The Morgan fingerprint density at radius 2 is 2.00 bits per heavy atom. The summed E-state index contributed by atoms with van der Waals surface area (Å²) in [5.74, 6) is 0.0168. The van der Waals surface area contributed by atoms with Crippen molar-refractivity contribution in [3.05, 3.63) is 59.4 Å². The molecule has 0 spiro atoms. The van der Waals surface area contributed by atoms with E-state index in [4.69, 9.17) is 0 Å². The summed E-state index contributed by atoms with van der Waals surface area (Å²) >= 11 is 4.22. The van der Waals surface area contributed by atoms with Gasteiger partial charge in [-0.3, -0.25) is 9.78 Å². The van der Waals surface area contributed by atoms with E-state index in [0.29, 0.717) is 13.0 Å². The second kappa shape index (κ2) is 6.38. The smallest absolute Gasteiger partial charge is 0.224 e. The average molecular weight is 272 g/mol. The molecule has 1 heterocycles. The number of benzene rings is 1. The number of nitrogens with one attached hydrogen (secondary N) is 1. The van der Waals surface area contributed by atoms with Crippen molar-refractivity contribution in [1.82, 2.24) is 10.3 Å². The fourth-order valence-electron chi connectivity index (χ4n) is 1.76. The third kappa shape index (κ3) is 4.10. The number of thiol groups is 1. The normalized spacial score (nSPS) is 10.2. The lowest BCUT2D eigenvalue weighted by atomic mass is 10.1. The molecule has 0 aliphatic rings. The Labute approximate surface area is 118 Å². The van der Waals surface area contributed by atoms with Gasteiger partial charge in [-0.05, 0) is 41.8 Å². The monoisotopic (exact) mass is 272 g/mol. The van der Waals surface area contributed by atoms with Crippen molar-refractivity contribution in [2.45, 2.75) is 24.8 Å². The Morgan fingerprint density at radius 3 is 2.68 bits per heavy atom. The number of aryl methyl sites for hydroxylation is 1. The number of carbonyl (C=O) groups excluding carboxylic acids is 1. The number of hydrogen-bond acceptors (Lipinski definition) is 3. The standard InChI is InChI=1S/C15H16N2OS/c1-11-9-16-7-6-13(11)10-17-15(18)8-12-2-4-14(19)5-3-12/h2-7,9,19H,8,10H2,1H3,(H,17,18). The van der Waals surface area contributed by atoms with E-state index in [1.807, 2.05) is 37.3 Å². The molecule has 0 saturated carbocycles. The van der Waals surface area contributed by atoms with E-state index in [0.717, 1.165) is 21.6 Å². The molecule has 0 atom stereocenters. The number of rotatable bonds is 4. The molecule has 0 radical (unpaired) electrons. The van der Waals surface area contributed by atoms with Gasteiger partial charge in [-0.2, -0.15) is 0 Å². The van der Waals surface area contributed by atoms with E-state index < -0.39 is 0 Å². The van der Waals surface area contributed by atoms with Crippen LogP contribution in [-0.2, 0) is 17.8 Å². The fraction of sp³-hybridized carbons (Fsp3) is 0.200. The van der Waals surface area contributed by atoms with E-state index in [2.05, 4.69) is 22.9 Å². The molecule has 3 nitrogen and oxygen atoms in total. The number of aromatic nitrogens is 1. The van der Waals surface area contributed by atoms with Gasteiger partial charge in [-0.15, -0.1) is 12.6 Å². The summed E-state index contributed by atoms with van der Waals surface area (Å²) in [6, 6.07) is 9.53. The Kier molecular flexibility index (Phi) is 4.58. The minimum atomic E-state index is 0.0168. The maximum atomic E-state index is 11.8. The van der Waals surface area contributed by atoms with Crippen LogP contribution in [0.2, 0.25) is 0 Å². The number of nitrogens with zero attached hydrogens (tertiary/aromatic N) is 1. The fourth-order valence-corrected chi connectivity index (χ4v) is 1.91. The molecule has 1 aromatic heterocycles. The van der Waals surface area contributed by atoms with Gasteiger partial charge in [-0.25, -0.2) is 0 Å². The molecule has 98 valence electrons. The van der Waals surface area contributed by atoms with E-state index in [1.54, 1.807) is 12.4 Å². The Hall–Kier alpha value is -1.81. The highest BCUT2D eigenvalue weighted by Gasteiger charge is 2.04. The van der Waals surface area contributed by atoms with Crippen LogP contribution in [0.5, 0.6) is 0 Å². The molecular weight excluding hydrogens is 256 g/mol. The molecule has 1 aromatic carbocycles. The summed E-state index contributed by atoms with van der Waals surface area (Å²) < 4.78 is 0. The minimum absolute atomic E-state index is 0.0168. The van der Waals surface area contributed by atoms with E-state index in [1.165, 1.54) is 0 Å². The maximum absolute atomic E-state index is 11.8. The quantitative estimate of drug-likeness (QED) is 0.840. The van der Waals surface area contributed by atoms with Crippen LogP contribution in [0.1, 0.15) is 16.7 Å². The third-order valence-electron chi connectivity index (χ3n) is 2.91. The molecule has 0 saturated heterocycles. The third-order valence-corrected chi connectivity index (χ3v) is 3.21. The second-order valence-electron chi connectivity index (χ2n) is 4.42. The largest absolute Gasteiger partial charge is 0.352 e. The van der Waals surface area contributed by atoms with Crippen molar-refractivity contribution in [3.8, 4) is 0 Å². The Morgan fingerprint density at radius 1 is 1.26 bits per heavy atom.